The lowest BCUT2D eigenvalue weighted by molar-refractivity contribution is -0.121. The Kier molecular flexibility index (Phi) is 6.51. The van der Waals surface area contributed by atoms with Gasteiger partial charge in [0.1, 0.15) is 5.75 Å². The number of carbonyl (C=O) groups is 1. The van der Waals surface area contributed by atoms with E-state index >= 15 is 0 Å². The maximum atomic E-state index is 12.0. The first-order valence-electron chi connectivity index (χ1n) is 8.02. The smallest absolute Gasteiger partial charge is 0.220 e. The zero-order valence-electron chi connectivity index (χ0n) is 14.4. The minimum Gasteiger partial charge on any atom is -0.508 e. The number of phenolic OH excluding ortho intramolecular Hbond substituents is 2. The van der Waals surface area contributed by atoms with Crippen LogP contribution in [-0.4, -0.2) is 36.9 Å². The molecule has 25 heavy (non-hydrogen) atoms. The molecular weight excluding hydrogens is 322 g/mol. The molecule has 1 amide bonds. The maximum Gasteiger partial charge on any atom is 0.220 e. The Balaban J connectivity index is 1.82. The average Bonchev–Trinajstić information content (AvgIpc) is 2.62. The highest BCUT2D eigenvalue weighted by atomic mass is 16.5. The van der Waals surface area contributed by atoms with Crippen molar-refractivity contribution in [1.82, 2.24) is 5.32 Å². The van der Waals surface area contributed by atoms with E-state index in [1.54, 1.807) is 24.3 Å². The Morgan fingerprint density at radius 1 is 0.960 bits per heavy atom. The molecule has 2 rings (SSSR count). The van der Waals surface area contributed by atoms with Gasteiger partial charge < -0.3 is 25.0 Å². The second kappa shape index (κ2) is 8.82. The number of aromatic hydroxyl groups is 2. The second-order valence-corrected chi connectivity index (χ2v) is 5.62. The van der Waals surface area contributed by atoms with Crippen LogP contribution in [0.25, 0.3) is 0 Å². The van der Waals surface area contributed by atoms with E-state index < -0.39 is 0 Å². The highest BCUT2D eigenvalue weighted by Crippen LogP contribution is 2.37. The van der Waals surface area contributed by atoms with Crippen molar-refractivity contribution in [2.24, 2.45) is 0 Å². The Hall–Kier alpha value is -2.89. The van der Waals surface area contributed by atoms with E-state index in [0.29, 0.717) is 37.3 Å². The van der Waals surface area contributed by atoms with Crippen LogP contribution in [0.3, 0.4) is 0 Å². The summed E-state index contributed by atoms with van der Waals surface area (Å²) in [6.07, 6.45) is 1.54. The zero-order valence-corrected chi connectivity index (χ0v) is 14.4. The Labute approximate surface area is 147 Å². The van der Waals surface area contributed by atoms with Crippen molar-refractivity contribution >= 4 is 5.91 Å². The van der Waals surface area contributed by atoms with Gasteiger partial charge in [-0.05, 0) is 48.2 Å². The number of hydrogen-bond acceptors (Lipinski definition) is 5. The minimum atomic E-state index is -0.0511. The first kappa shape index (κ1) is 18.4. The van der Waals surface area contributed by atoms with Gasteiger partial charge in [-0.3, -0.25) is 4.79 Å². The molecular formula is C19H23NO5. The van der Waals surface area contributed by atoms with Gasteiger partial charge in [0.15, 0.2) is 11.5 Å². The van der Waals surface area contributed by atoms with Crippen molar-refractivity contribution < 1.29 is 24.5 Å². The van der Waals surface area contributed by atoms with Gasteiger partial charge in [-0.25, -0.2) is 0 Å². The quantitative estimate of drug-likeness (QED) is 0.684. The summed E-state index contributed by atoms with van der Waals surface area (Å²) in [6.45, 7) is 0.534. The molecule has 0 bridgehead atoms. The second-order valence-electron chi connectivity index (χ2n) is 5.62. The van der Waals surface area contributed by atoms with E-state index in [2.05, 4.69) is 5.32 Å². The summed E-state index contributed by atoms with van der Waals surface area (Å²) in [5.41, 5.74) is 1.89. The lowest BCUT2D eigenvalue weighted by Crippen LogP contribution is -2.25. The molecule has 0 saturated heterocycles. The fraction of sp³-hybridized carbons (Fsp3) is 0.316. The third-order valence-electron chi connectivity index (χ3n) is 3.85. The van der Waals surface area contributed by atoms with E-state index in [9.17, 15) is 15.0 Å². The molecule has 0 aromatic heterocycles. The van der Waals surface area contributed by atoms with Crippen LogP contribution in [0.4, 0.5) is 0 Å². The molecule has 0 aliphatic carbocycles. The Bertz CT molecular complexity index is 687. The van der Waals surface area contributed by atoms with Crippen LogP contribution in [0.2, 0.25) is 0 Å². The molecule has 6 nitrogen and oxygen atoms in total. The van der Waals surface area contributed by atoms with Crippen molar-refractivity contribution in [3.05, 3.63) is 47.5 Å². The standard InChI is InChI=1S/C19H23NO5/c1-24-16-11-14(12-17(25-2)19(16)23)5-8-18(22)20-10-9-13-3-6-15(21)7-4-13/h3-4,6-7,11-12,21,23H,5,8-10H2,1-2H3,(H,20,22). The summed E-state index contributed by atoms with van der Waals surface area (Å²) in [4.78, 5) is 12.0. The van der Waals surface area contributed by atoms with Gasteiger partial charge in [0, 0.05) is 13.0 Å². The van der Waals surface area contributed by atoms with Gasteiger partial charge in [0.25, 0.3) is 0 Å². The fourth-order valence-corrected chi connectivity index (χ4v) is 2.45. The molecule has 0 heterocycles. The Morgan fingerprint density at radius 2 is 1.56 bits per heavy atom. The average molecular weight is 345 g/mol. The van der Waals surface area contributed by atoms with E-state index in [1.807, 2.05) is 12.1 Å². The number of benzene rings is 2. The number of rotatable bonds is 8. The van der Waals surface area contributed by atoms with Crippen LogP contribution in [0.15, 0.2) is 36.4 Å². The van der Waals surface area contributed by atoms with E-state index in [4.69, 9.17) is 9.47 Å². The predicted molar refractivity (Wildman–Crippen MR) is 94.4 cm³/mol. The third kappa shape index (κ3) is 5.31. The van der Waals surface area contributed by atoms with Crippen molar-refractivity contribution in [3.8, 4) is 23.0 Å². The van der Waals surface area contributed by atoms with Crippen molar-refractivity contribution in [2.75, 3.05) is 20.8 Å². The summed E-state index contributed by atoms with van der Waals surface area (Å²) in [6, 6.07) is 10.3. The summed E-state index contributed by atoms with van der Waals surface area (Å²) < 4.78 is 10.2. The lowest BCUT2D eigenvalue weighted by atomic mass is 10.1. The molecule has 0 radical (unpaired) electrons. The van der Waals surface area contributed by atoms with Crippen LogP contribution in [0.1, 0.15) is 17.5 Å². The van der Waals surface area contributed by atoms with Gasteiger partial charge in [0.05, 0.1) is 14.2 Å². The molecule has 0 spiro atoms. The molecule has 3 N–H and O–H groups in total. The number of carbonyl (C=O) groups excluding carboxylic acids is 1. The monoisotopic (exact) mass is 345 g/mol. The first-order chi connectivity index (χ1) is 12.0. The van der Waals surface area contributed by atoms with Crippen LogP contribution in [-0.2, 0) is 17.6 Å². The first-order valence-corrected chi connectivity index (χ1v) is 8.02. The largest absolute Gasteiger partial charge is 0.508 e. The van der Waals surface area contributed by atoms with Crippen LogP contribution in [0, 0.1) is 0 Å². The SMILES string of the molecule is COc1cc(CCC(=O)NCCc2ccc(O)cc2)cc(OC)c1O. The van der Waals surface area contributed by atoms with Crippen molar-refractivity contribution in [3.63, 3.8) is 0 Å². The highest BCUT2D eigenvalue weighted by Gasteiger charge is 2.12. The molecule has 0 saturated carbocycles. The van der Waals surface area contributed by atoms with Gasteiger partial charge >= 0.3 is 0 Å². The summed E-state index contributed by atoms with van der Waals surface area (Å²) >= 11 is 0. The topological polar surface area (TPSA) is 88.0 Å². The van der Waals surface area contributed by atoms with Crippen molar-refractivity contribution in [1.29, 1.82) is 0 Å². The van der Waals surface area contributed by atoms with Crippen LogP contribution < -0.4 is 14.8 Å². The zero-order chi connectivity index (χ0) is 18.2. The molecule has 2 aromatic carbocycles. The number of amides is 1. The predicted octanol–water partition coefficient (Wildman–Crippen LogP) is 2.41. The normalized spacial score (nSPS) is 10.3. The number of aryl methyl sites for hydroxylation is 1. The van der Waals surface area contributed by atoms with E-state index in [0.717, 1.165) is 11.1 Å². The number of methoxy groups -OCH3 is 2. The van der Waals surface area contributed by atoms with Crippen LogP contribution >= 0.6 is 0 Å². The van der Waals surface area contributed by atoms with E-state index in [1.165, 1.54) is 14.2 Å². The van der Waals surface area contributed by atoms with E-state index in [-0.39, 0.29) is 17.4 Å². The van der Waals surface area contributed by atoms with Gasteiger partial charge in [-0.15, -0.1) is 0 Å². The van der Waals surface area contributed by atoms with Crippen LogP contribution in [0.5, 0.6) is 23.0 Å². The molecule has 2 aromatic rings. The summed E-state index contributed by atoms with van der Waals surface area (Å²) in [5, 5.41) is 22.0. The highest BCUT2D eigenvalue weighted by molar-refractivity contribution is 5.76. The molecule has 6 heteroatoms. The number of phenols is 2. The summed E-state index contributed by atoms with van der Waals surface area (Å²) in [5.74, 6) is 0.772. The maximum absolute atomic E-state index is 12.0. The van der Waals surface area contributed by atoms with Gasteiger partial charge in [0.2, 0.25) is 11.7 Å². The molecule has 0 unspecified atom stereocenters. The molecule has 0 aliphatic heterocycles. The van der Waals surface area contributed by atoms with Gasteiger partial charge in [-0.2, -0.15) is 0 Å². The molecule has 0 fully saturated rings. The van der Waals surface area contributed by atoms with Gasteiger partial charge in [-0.1, -0.05) is 12.1 Å². The Morgan fingerprint density at radius 3 is 2.12 bits per heavy atom. The number of hydrogen-bond donors (Lipinski definition) is 3. The fourth-order valence-electron chi connectivity index (χ4n) is 2.45. The molecule has 0 aliphatic rings. The van der Waals surface area contributed by atoms with Crippen molar-refractivity contribution in [2.45, 2.75) is 19.3 Å². The molecule has 134 valence electrons. The summed E-state index contributed by atoms with van der Waals surface area (Å²) in [7, 11) is 2.93. The lowest BCUT2D eigenvalue weighted by Gasteiger charge is -2.11. The number of ether oxygens (including phenoxy) is 2. The molecule has 0 atom stereocenters. The minimum absolute atomic E-state index is 0.0490. The third-order valence-corrected chi connectivity index (χ3v) is 3.85. The number of nitrogens with one attached hydrogen (secondary N) is 1.